The lowest BCUT2D eigenvalue weighted by Gasteiger charge is -2.27. The van der Waals surface area contributed by atoms with E-state index in [-0.39, 0.29) is 18.3 Å². The molecule has 9 nitrogen and oxygen atoms in total. The summed E-state index contributed by atoms with van der Waals surface area (Å²) in [5.41, 5.74) is 5.85. The zero-order valence-electron chi connectivity index (χ0n) is 13.3. The van der Waals surface area contributed by atoms with Crippen molar-refractivity contribution in [3.8, 4) is 0 Å². The van der Waals surface area contributed by atoms with E-state index in [9.17, 15) is 10.1 Å². The van der Waals surface area contributed by atoms with Gasteiger partial charge in [0, 0.05) is 18.0 Å². The van der Waals surface area contributed by atoms with Gasteiger partial charge in [-0.1, -0.05) is 12.8 Å². The third-order valence-corrected chi connectivity index (χ3v) is 4.07. The number of likely N-dealkylation sites (tertiary alicyclic amines) is 1. The molecule has 1 saturated heterocycles. The number of nitro groups is 1. The van der Waals surface area contributed by atoms with E-state index < -0.39 is 11.0 Å². The lowest BCUT2D eigenvalue weighted by Crippen LogP contribution is -2.52. The number of hydrogen-bond acceptors (Lipinski definition) is 6. The molecule has 0 saturated carbocycles. The Morgan fingerprint density at radius 2 is 2.08 bits per heavy atom. The van der Waals surface area contributed by atoms with Gasteiger partial charge in [-0.2, -0.15) is 9.98 Å². The van der Waals surface area contributed by atoms with E-state index >= 15 is 0 Å². The molecule has 0 radical (unpaired) electrons. The normalized spacial score (nSPS) is 23.6. The molecule has 2 aliphatic rings. The molecule has 24 heavy (non-hydrogen) atoms. The van der Waals surface area contributed by atoms with Gasteiger partial charge in [-0.25, -0.2) is 4.99 Å². The van der Waals surface area contributed by atoms with Crippen LogP contribution in [0.4, 0.5) is 0 Å². The topological polar surface area (TPSA) is 123 Å². The first-order chi connectivity index (χ1) is 11.6. The van der Waals surface area contributed by atoms with Crippen LogP contribution in [0.1, 0.15) is 31.4 Å². The summed E-state index contributed by atoms with van der Waals surface area (Å²) in [6, 6.07) is 2.35. The van der Waals surface area contributed by atoms with Crippen molar-refractivity contribution in [2.45, 2.75) is 38.3 Å². The molecule has 0 bridgehead atoms. The molecular formula is C15H20N6O3. The highest BCUT2D eigenvalue weighted by molar-refractivity contribution is 6.17. The molecule has 1 aromatic rings. The van der Waals surface area contributed by atoms with Crippen LogP contribution in [0.3, 0.4) is 0 Å². The number of rotatable bonds is 3. The first-order valence-corrected chi connectivity index (χ1v) is 8.03. The quantitative estimate of drug-likeness (QED) is 0.662. The van der Waals surface area contributed by atoms with Crippen LogP contribution in [-0.2, 0) is 6.54 Å². The SMILES string of the molecule is NC1=NC(=NCc2ccco2)N=C(N2CCCCCC2)C1[N+](=O)[O-]. The van der Waals surface area contributed by atoms with Crippen molar-refractivity contribution in [2.75, 3.05) is 13.1 Å². The minimum absolute atomic E-state index is 0.0764. The average molecular weight is 332 g/mol. The Labute approximate surface area is 139 Å². The van der Waals surface area contributed by atoms with E-state index in [4.69, 9.17) is 10.2 Å². The summed E-state index contributed by atoms with van der Waals surface area (Å²) in [6.07, 6.45) is 5.77. The first kappa shape index (κ1) is 16.2. The highest BCUT2D eigenvalue weighted by Gasteiger charge is 2.38. The fourth-order valence-electron chi connectivity index (χ4n) is 2.87. The van der Waals surface area contributed by atoms with Crippen molar-refractivity contribution in [1.82, 2.24) is 4.90 Å². The smallest absolute Gasteiger partial charge is 0.325 e. The van der Waals surface area contributed by atoms with E-state index in [1.165, 1.54) is 0 Å². The Morgan fingerprint density at radius 3 is 2.71 bits per heavy atom. The van der Waals surface area contributed by atoms with Crippen molar-refractivity contribution in [1.29, 1.82) is 0 Å². The van der Waals surface area contributed by atoms with Crippen LogP contribution in [0.5, 0.6) is 0 Å². The van der Waals surface area contributed by atoms with Crippen molar-refractivity contribution in [2.24, 2.45) is 20.7 Å². The largest absolute Gasteiger partial charge is 0.467 e. The van der Waals surface area contributed by atoms with E-state index in [0.29, 0.717) is 11.6 Å². The molecule has 3 rings (SSSR count). The number of aliphatic imine (C=N–C) groups is 3. The molecule has 2 aliphatic heterocycles. The lowest BCUT2D eigenvalue weighted by atomic mass is 10.2. The molecule has 0 aromatic carbocycles. The molecule has 128 valence electrons. The maximum atomic E-state index is 11.4. The summed E-state index contributed by atoms with van der Waals surface area (Å²) in [4.78, 5) is 25.5. The highest BCUT2D eigenvalue weighted by atomic mass is 16.6. The highest BCUT2D eigenvalue weighted by Crippen LogP contribution is 2.16. The summed E-state index contributed by atoms with van der Waals surface area (Å²) in [5, 5.41) is 11.4. The molecule has 0 aliphatic carbocycles. The second-order valence-electron chi connectivity index (χ2n) is 5.79. The molecule has 3 heterocycles. The molecule has 1 aromatic heterocycles. The van der Waals surface area contributed by atoms with Crippen molar-refractivity contribution >= 4 is 17.6 Å². The predicted molar refractivity (Wildman–Crippen MR) is 89.7 cm³/mol. The number of amidine groups is 2. The molecule has 1 atom stereocenters. The molecular weight excluding hydrogens is 312 g/mol. The van der Waals surface area contributed by atoms with Crippen molar-refractivity contribution < 1.29 is 9.34 Å². The number of nitrogens with zero attached hydrogens (tertiary/aromatic N) is 5. The van der Waals surface area contributed by atoms with Gasteiger partial charge in [0.15, 0.2) is 11.7 Å². The standard InChI is InChI=1S/C15H20N6O3/c16-13-12(21(22)23)14(20-7-3-1-2-4-8-20)19-15(18-13)17-10-11-6-5-9-24-11/h5-6,9,12H,1-4,7-8,10H2,(H2,16,17,18). The van der Waals surface area contributed by atoms with Crippen LogP contribution in [0.15, 0.2) is 37.8 Å². The van der Waals surface area contributed by atoms with E-state index in [2.05, 4.69) is 15.0 Å². The fraction of sp³-hybridized carbons (Fsp3) is 0.533. The van der Waals surface area contributed by atoms with Crippen molar-refractivity contribution in [3.63, 3.8) is 0 Å². The van der Waals surface area contributed by atoms with Crippen LogP contribution in [0, 0.1) is 10.1 Å². The van der Waals surface area contributed by atoms with Gasteiger partial charge in [-0.15, -0.1) is 0 Å². The maximum absolute atomic E-state index is 11.4. The average Bonchev–Trinajstić information content (AvgIpc) is 2.92. The van der Waals surface area contributed by atoms with Crippen LogP contribution >= 0.6 is 0 Å². The Balaban J connectivity index is 1.87. The third-order valence-electron chi connectivity index (χ3n) is 4.07. The molecule has 9 heteroatoms. The number of nitrogens with two attached hydrogens (primary N) is 1. The van der Waals surface area contributed by atoms with E-state index in [1.807, 2.05) is 4.90 Å². The van der Waals surface area contributed by atoms with Gasteiger partial charge in [0.25, 0.3) is 0 Å². The summed E-state index contributed by atoms with van der Waals surface area (Å²) < 4.78 is 5.22. The molecule has 1 fully saturated rings. The minimum Gasteiger partial charge on any atom is -0.467 e. The van der Waals surface area contributed by atoms with Crippen LogP contribution in [0.2, 0.25) is 0 Å². The molecule has 2 N–H and O–H groups in total. The van der Waals surface area contributed by atoms with Gasteiger partial charge in [0.2, 0.25) is 5.96 Å². The van der Waals surface area contributed by atoms with Gasteiger partial charge >= 0.3 is 6.04 Å². The van der Waals surface area contributed by atoms with Gasteiger partial charge < -0.3 is 15.1 Å². The van der Waals surface area contributed by atoms with E-state index in [1.54, 1.807) is 18.4 Å². The minimum atomic E-state index is -1.20. The second kappa shape index (κ2) is 7.24. The van der Waals surface area contributed by atoms with E-state index in [0.717, 1.165) is 38.8 Å². The van der Waals surface area contributed by atoms with Crippen LogP contribution < -0.4 is 5.73 Å². The molecule has 1 unspecified atom stereocenters. The second-order valence-corrected chi connectivity index (χ2v) is 5.79. The number of guanidine groups is 1. The zero-order chi connectivity index (χ0) is 16.9. The van der Waals surface area contributed by atoms with Gasteiger partial charge in [-0.3, -0.25) is 10.1 Å². The predicted octanol–water partition coefficient (Wildman–Crippen LogP) is 1.43. The van der Waals surface area contributed by atoms with Crippen LogP contribution in [-0.4, -0.2) is 46.6 Å². The lowest BCUT2D eigenvalue weighted by molar-refractivity contribution is -0.486. The van der Waals surface area contributed by atoms with Crippen molar-refractivity contribution in [3.05, 3.63) is 34.3 Å². The third kappa shape index (κ3) is 3.61. The first-order valence-electron chi connectivity index (χ1n) is 8.03. The number of furan rings is 1. The van der Waals surface area contributed by atoms with Gasteiger partial charge in [-0.05, 0) is 25.0 Å². The fourth-order valence-corrected chi connectivity index (χ4v) is 2.87. The van der Waals surface area contributed by atoms with Crippen LogP contribution in [0.25, 0.3) is 0 Å². The Bertz CT molecular complexity index is 671. The van der Waals surface area contributed by atoms with Gasteiger partial charge in [0.1, 0.15) is 12.3 Å². The Morgan fingerprint density at radius 1 is 1.33 bits per heavy atom. The summed E-state index contributed by atoms with van der Waals surface area (Å²) in [5.74, 6) is 1.08. The Kier molecular flexibility index (Phi) is 4.88. The summed E-state index contributed by atoms with van der Waals surface area (Å²) in [7, 11) is 0. The zero-order valence-corrected chi connectivity index (χ0v) is 13.3. The maximum Gasteiger partial charge on any atom is 0.325 e. The summed E-state index contributed by atoms with van der Waals surface area (Å²) in [6.45, 7) is 1.74. The monoisotopic (exact) mass is 332 g/mol. The summed E-state index contributed by atoms with van der Waals surface area (Å²) >= 11 is 0. The Hall–Kier alpha value is -2.71. The molecule has 0 spiro atoms. The van der Waals surface area contributed by atoms with Gasteiger partial charge in [0.05, 0.1) is 6.26 Å². The molecule has 0 amide bonds. The number of hydrogen-bond donors (Lipinski definition) is 1.